The molecule has 3 N–H and O–H groups in total. The number of benzene rings is 1. The molecular weight excluding hydrogens is 257 g/mol. The molecule has 0 bridgehead atoms. The number of piperidine rings is 1. The van der Waals surface area contributed by atoms with Gasteiger partial charge in [-0.25, -0.2) is 4.39 Å². The second-order valence-corrected chi connectivity index (χ2v) is 5.36. The third-order valence-corrected chi connectivity index (χ3v) is 3.64. The van der Waals surface area contributed by atoms with Crippen molar-refractivity contribution in [2.75, 3.05) is 25.4 Å². The van der Waals surface area contributed by atoms with Crippen molar-refractivity contribution in [1.29, 1.82) is 0 Å². The van der Waals surface area contributed by atoms with Gasteiger partial charge in [0.25, 0.3) is 5.91 Å². The highest BCUT2D eigenvalue weighted by molar-refractivity contribution is 5.95. The summed E-state index contributed by atoms with van der Waals surface area (Å²) in [4.78, 5) is 14.5. The lowest BCUT2D eigenvalue weighted by molar-refractivity contribution is 0.0910. The van der Waals surface area contributed by atoms with Crippen LogP contribution in [0.4, 0.5) is 10.1 Å². The molecule has 0 atom stereocenters. The number of nitrogens with two attached hydrogens (primary N) is 1. The molecule has 1 saturated heterocycles. The Morgan fingerprint density at radius 2 is 2.10 bits per heavy atom. The van der Waals surface area contributed by atoms with Gasteiger partial charge in [0, 0.05) is 30.4 Å². The van der Waals surface area contributed by atoms with Crippen molar-refractivity contribution in [2.24, 2.45) is 0 Å². The van der Waals surface area contributed by atoms with E-state index in [0.29, 0.717) is 5.56 Å². The average Bonchev–Trinajstić information content (AvgIpc) is 2.40. The van der Waals surface area contributed by atoms with E-state index < -0.39 is 5.82 Å². The van der Waals surface area contributed by atoms with E-state index in [0.717, 1.165) is 38.9 Å². The Balaban J connectivity index is 1.89. The molecule has 1 amide bonds. The second-order valence-electron chi connectivity index (χ2n) is 5.36. The molecule has 1 aromatic rings. The van der Waals surface area contributed by atoms with Crippen molar-refractivity contribution in [2.45, 2.75) is 32.2 Å². The van der Waals surface area contributed by atoms with Crippen LogP contribution in [0.25, 0.3) is 0 Å². The topological polar surface area (TPSA) is 58.4 Å². The van der Waals surface area contributed by atoms with Gasteiger partial charge < -0.3 is 16.0 Å². The summed E-state index contributed by atoms with van der Waals surface area (Å²) in [6.07, 6.45) is 3.03. The standard InChI is InChI=1S/C15H22FN3O/c1-2-5-19-6-3-14(4-7-19)18-15(20)11-8-12(16)10-13(17)9-11/h8-10,14H,2-7,17H2,1H3,(H,18,20). The van der Waals surface area contributed by atoms with Gasteiger partial charge in [0.2, 0.25) is 0 Å². The number of hydrogen-bond acceptors (Lipinski definition) is 3. The monoisotopic (exact) mass is 279 g/mol. The van der Waals surface area contributed by atoms with Gasteiger partial charge in [-0.3, -0.25) is 4.79 Å². The quantitative estimate of drug-likeness (QED) is 0.829. The lowest BCUT2D eigenvalue weighted by atomic mass is 10.0. The van der Waals surface area contributed by atoms with Gasteiger partial charge in [0.1, 0.15) is 5.82 Å². The minimum atomic E-state index is -0.479. The fourth-order valence-electron chi connectivity index (χ4n) is 2.63. The number of rotatable bonds is 4. The lowest BCUT2D eigenvalue weighted by Crippen LogP contribution is -2.44. The fourth-order valence-corrected chi connectivity index (χ4v) is 2.63. The molecule has 0 radical (unpaired) electrons. The van der Waals surface area contributed by atoms with E-state index >= 15 is 0 Å². The van der Waals surface area contributed by atoms with Crippen LogP contribution in [0.1, 0.15) is 36.5 Å². The van der Waals surface area contributed by atoms with E-state index in [2.05, 4.69) is 17.1 Å². The van der Waals surface area contributed by atoms with Crippen LogP contribution in [0.3, 0.4) is 0 Å². The first-order chi connectivity index (χ1) is 9.58. The number of likely N-dealkylation sites (tertiary alicyclic amines) is 1. The molecule has 2 rings (SSSR count). The lowest BCUT2D eigenvalue weighted by Gasteiger charge is -2.32. The Labute approximate surface area is 119 Å². The molecule has 0 saturated carbocycles. The van der Waals surface area contributed by atoms with Crippen molar-refractivity contribution < 1.29 is 9.18 Å². The molecule has 110 valence electrons. The molecule has 0 aliphatic carbocycles. The fraction of sp³-hybridized carbons (Fsp3) is 0.533. The largest absolute Gasteiger partial charge is 0.399 e. The molecular formula is C15H22FN3O. The van der Waals surface area contributed by atoms with E-state index in [9.17, 15) is 9.18 Å². The summed E-state index contributed by atoms with van der Waals surface area (Å²) >= 11 is 0. The number of carbonyl (C=O) groups is 1. The Bertz CT molecular complexity index is 450. The van der Waals surface area contributed by atoms with Gasteiger partial charge in [-0.1, -0.05) is 6.92 Å². The van der Waals surface area contributed by atoms with Crippen LogP contribution in [-0.2, 0) is 0 Å². The third-order valence-electron chi connectivity index (χ3n) is 3.64. The number of hydrogen-bond donors (Lipinski definition) is 2. The van der Waals surface area contributed by atoms with Crippen molar-refractivity contribution in [3.63, 3.8) is 0 Å². The molecule has 1 fully saturated rings. The minimum Gasteiger partial charge on any atom is -0.399 e. The maximum atomic E-state index is 13.2. The summed E-state index contributed by atoms with van der Waals surface area (Å²) in [5.74, 6) is -0.724. The highest BCUT2D eigenvalue weighted by Crippen LogP contribution is 2.14. The maximum absolute atomic E-state index is 13.2. The first-order valence-electron chi connectivity index (χ1n) is 7.17. The molecule has 1 heterocycles. The van der Waals surface area contributed by atoms with Gasteiger partial charge >= 0.3 is 0 Å². The summed E-state index contributed by atoms with van der Waals surface area (Å²) in [6.45, 7) is 5.29. The molecule has 1 aliphatic heterocycles. The zero-order valence-electron chi connectivity index (χ0n) is 11.9. The summed E-state index contributed by atoms with van der Waals surface area (Å²) in [5.41, 5.74) is 6.12. The number of carbonyl (C=O) groups excluding carboxylic acids is 1. The number of anilines is 1. The van der Waals surface area contributed by atoms with Crippen LogP contribution in [0, 0.1) is 5.82 Å². The predicted octanol–water partition coefficient (Wildman–Crippen LogP) is 2.01. The third kappa shape index (κ3) is 3.93. The van der Waals surface area contributed by atoms with Crippen LogP contribution >= 0.6 is 0 Å². The minimum absolute atomic E-state index is 0.167. The number of nitrogen functional groups attached to an aromatic ring is 1. The van der Waals surface area contributed by atoms with Gasteiger partial charge in [0.05, 0.1) is 0 Å². The Hall–Kier alpha value is -1.62. The van der Waals surface area contributed by atoms with E-state index in [1.54, 1.807) is 0 Å². The predicted molar refractivity (Wildman–Crippen MR) is 78.0 cm³/mol. The van der Waals surface area contributed by atoms with Crippen molar-refractivity contribution in [1.82, 2.24) is 10.2 Å². The molecule has 0 aromatic heterocycles. The number of nitrogens with one attached hydrogen (secondary N) is 1. The highest BCUT2D eigenvalue weighted by atomic mass is 19.1. The van der Waals surface area contributed by atoms with Gasteiger partial charge in [-0.05, 0) is 44.0 Å². The second kappa shape index (κ2) is 6.70. The maximum Gasteiger partial charge on any atom is 0.251 e. The highest BCUT2D eigenvalue weighted by Gasteiger charge is 2.20. The normalized spacial score (nSPS) is 17.1. The van der Waals surface area contributed by atoms with Gasteiger partial charge in [0.15, 0.2) is 0 Å². The molecule has 0 spiro atoms. The Morgan fingerprint density at radius 1 is 1.40 bits per heavy atom. The number of amides is 1. The molecule has 0 unspecified atom stereocenters. The number of halogens is 1. The van der Waals surface area contributed by atoms with E-state index in [1.165, 1.54) is 18.2 Å². The molecule has 4 nitrogen and oxygen atoms in total. The smallest absolute Gasteiger partial charge is 0.251 e. The molecule has 1 aromatic carbocycles. The summed E-state index contributed by atoms with van der Waals surface area (Å²) in [5, 5.41) is 2.96. The first-order valence-corrected chi connectivity index (χ1v) is 7.17. The Morgan fingerprint density at radius 3 is 2.70 bits per heavy atom. The summed E-state index contributed by atoms with van der Waals surface area (Å²) in [6, 6.07) is 4.10. The van der Waals surface area contributed by atoms with Crippen LogP contribution in [0.2, 0.25) is 0 Å². The zero-order valence-corrected chi connectivity index (χ0v) is 11.9. The van der Waals surface area contributed by atoms with E-state index in [4.69, 9.17) is 5.73 Å². The van der Waals surface area contributed by atoms with Crippen LogP contribution in [0.15, 0.2) is 18.2 Å². The van der Waals surface area contributed by atoms with E-state index in [1.807, 2.05) is 0 Å². The molecule has 1 aliphatic rings. The Kier molecular flexibility index (Phi) is 4.95. The SMILES string of the molecule is CCCN1CCC(NC(=O)c2cc(N)cc(F)c2)CC1. The van der Waals surface area contributed by atoms with Gasteiger partial charge in [-0.15, -0.1) is 0 Å². The van der Waals surface area contributed by atoms with Crippen molar-refractivity contribution in [3.05, 3.63) is 29.6 Å². The average molecular weight is 279 g/mol. The van der Waals surface area contributed by atoms with Crippen LogP contribution in [0.5, 0.6) is 0 Å². The van der Waals surface area contributed by atoms with Crippen LogP contribution < -0.4 is 11.1 Å². The summed E-state index contributed by atoms with van der Waals surface area (Å²) in [7, 11) is 0. The van der Waals surface area contributed by atoms with E-state index in [-0.39, 0.29) is 17.6 Å². The molecule has 5 heteroatoms. The zero-order chi connectivity index (χ0) is 14.5. The first kappa shape index (κ1) is 14.8. The van der Waals surface area contributed by atoms with Crippen molar-refractivity contribution in [3.8, 4) is 0 Å². The number of nitrogens with zero attached hydrogens (tertiary/aromatic N) is 1. The van der Waals surface area contributed by atoms with Crippen LogP contribution in [-0.4, -0.2) is 36.5 Å². The summed E-state index contributed by atoms with van der Waals surface area (Å²) < 4.78 is 13.2. The molecule has 20 heavy (non-hydrogen) atoms. The van der Waals surface area contributed by atoms with Gasteiger partial charge in [-0.2, -0.15) is 0 Å². The van der Waals surface area contributed by atoms with Crippen molar-refractivity contribution >= 4 is 11.6 Å².